The lowest BCUT2D eigenvalue weighted by Crippen LogP contribution is -2.38. The Morgan fingerprint density at radius 3 is 2.75 bits per heavy atom. The quantitative estimate of drug-likeness (QED) is 0.619. The molecule has 5 heteroatoms. The molecule has 5 rings (SSSR count). The minimum Gasteiger partial charge on any atom is -0.451 e. The van der Waals surface area contributed by atoms with E-state index in [2.05, 4.69) is 28.4 Å². The van der Waals surface area contributed by atoms with Crippen LogP contribution in [0.1, 0.15) is 59.3 Å². The number of benzene rings is 2. The Bertz CT molecular complexity index is 1120. The number of hydrogen-bond donors (Lipinski definition) is 1. The fourth-order valence-electron chi connectivity index (χ4n) is 5.19. The van der Waals surface area contributed by atoms with Gasteiger partial charge in [0.25, 0.3) is 5.91 Å². The highest BCUT2D eigenvalue weighted by atomic mass is 16.3. The summed E-state index contributed by atoms with van der Waals surface area (Å²) in [6.45, 7) is 3.16. The lowest BCUT2D eigenvalue weighted by atomic mass is 9.84. The van der Waals surface area contributed by atoms with Crippen LogP contribution in [0.4, 0.5) is 0 Å². The van der Waals surface area contributed by atoms with Gasteiger partial charge in [0, 0.05) is 24.5 Å². The molecule has 3 aromatic rings. The van der Waals surface area contributed by atoms with Gasteiger partial charge in [0.05, 0.1) is 11.6 Å². The van der Waals surface area contributed by atoms with Crippen LogP contribution in [0.25, 0.3) is 11.0 Å². The largest absolute Gasteiger partial charge is 0.451 e. The van der Waals surface area contributed by atoms with Gasteiger partial charge in [-0.2, -0.15) is 5.26 Å². The number of para-hydroxylation sites is 1. The zero-order valence-electron chi connectivity index (χ0n) is 18.3. The number of nitrogens with zero attached hydrogens (tertiary/aromatic N) is 2. The van der Waals surface area contributed by atoms with Gasteiger partial charge in [-0.05, 0) is 86.4 Å². The molecular weight excluding hydrogens is 398 g/mol. The van der Waals surface area contributed by atoms with Crippen molar-refractivity contribution >= 4 is 16.9 Å². The average Bonchev–Trinajstić information content (AvgIpc) is 3.28. The summed E-state index contributed by atoms with van der Waals surface area (Å²) < 4.78 is 5.70. The van der Waals surface area contributed by atoms with Crippen LogP contribution in [0.3, 0.4) is 0 Å². The third-order valence-electron chi connectivity index (χ3n) is 7.11. The van der Waals surface area contributed by atoms with Crippen molar-refractivity contribution in [3.05, 3.63) is 71.0 Å². The number of nitriles is 1. The molecule has 32 heavy (non-hydrogen) atoms. The second kappa shape index (κ2) is 9.18. The second-order valence-electron chi connectivity index (χ2n) is 9.25. The topological polar surface area (TPSA) is 69.3 Å². The van der Waals surface area contributed by atoms with Crippen LogP contribution in [-0.2, 0) is 13.0 Å². The maximum Gasteiger partial charge on any atom is 0.287 e. The van der Waals surface area contributed by atoms with E-state index in [-0.39, 0.29) is 11.9 Å². The molecule has 0 radical (unpaired) electrons. The maximum atomic E-state index is 12.6. The maximum absolute atomic E-state index is 12.6. The van der Waals surface area contributed by atoms with E-state index in [1.807, 2.05) is 36.4 Å². The summed E-state index contributed by atoms with van der Waals surface area (Å²) in [5.74, 6) is 1.02. The molecule has 1 saturated carbocycles. The minimum atomic E-state index is -0.103. The van der Waals surface area contributed by atoms with Crippen molar-refractivity contribution in [2.45, 2.75) is 51.1 Å². The second-order valence-corrected chi connectivity index (χ2v) is 9.25. The van der Waals surface area contributed by atoms with Crippen LogP contribution in [0.2, 0.25) is 0 Å². The third kappa shape index (κ3) is 4.56. The van der Waals surface area contributed by atoms with E-state index in [0.717, 1.165) is 74.2 Å². The van der Waals surface area contributed by atoms with Crippen molar-refractivity contribution in [1.82, 2.24) is 10.2 Å². The Morgan fingerprint density at radius 1 is 1.09 bits per heavy atom. The summed E-state index contributed by atoms with van der Waals surface area (Å²) in [5.41, 5.74) is 4.22. The molecule has 1 fully saturated rings. The van der Waals surface area contributed by atoms with E-state index in [9.17, 15) is 4.79 Å². The van der Waals surface area contributed by atoms with Crippen molar-refractivity contribution in [3.8, 4) is 6.07 Å². The molecule has 0 saturated heterocycles. The van der Waals surface area contributed by atoms with Crippen LogP contribution in [-0.4, -0.2) is 29.9 Å². The van der Waals surface area contributed by atoms with Crippen molar-refractivity contribution in [3.63, 3.8) is 0 Å². The van der Waals surface area contributed by atoms with Gasteiger partial charge in [-0.25, -0.2) is 0 Å². The van der Waals surface area contributed by atoms with Crippen molar-refractivity contribution in [2.24, 2.45) is 5.92 Å². The molecule has 1 aromatic heterocycles. The highest BCUT2D eigenvalue weighted by Crippen LogP contribution is 2.29. The fraction of sp³-hybridized carbons (Fsp3) is 0.407. The van der Waals surface area contributed by atoms with Gasteiger partial charge in [-0.3, -0.25) is 9.69 Å². The molecule has 0 bridgehead atoms. The summed E-state index contributed by atoms with van der Waals surface area (Å²) >= 11 is 0. The van der Waals surface area contributed by atoms with Crippen LogP contribution < -0.4 is 5.32 Å². The lowest BCUT2D eigenvalue weighted by Gasteiger charge is -2.33. The van der Waals surface area contributed by atoms with Gasteiger partial charge in [0.1, 0.15) is 5.58 Å². The lowest BCUT2D eigenvalue weighted by molar-refractivity contribution is 0.0893. The van der Waals surface area contributed by atoms with Gasteiger partial charge in [0.2, 0.25) is 0 Å². The van der Waals surface area contributed by atoms with Crippen LogP contribution in [0.15, 0.2) is 52.9 Å². The molecule has 0 atom stereocenters. The molecule has 0 spiro atoms. The number of rotatable bonds is 5. The van der Waals surface area contributed by atoms with Gasteiger partial charge < -0.3 is 9.73 Å². The van der Waals surface area contributed by atoms with E-state index in [0.29, 0.717) is 5.76 Å². The number of fused-ring (bicyclic) bond motifs is 2. The van der Waals surface area contributed by atoms with Crippen LogP contribution in [0, 0.1) is 17.2 Å². The standard InChI is InChI=1S/C27H29N3O2/c28-17-20-5-8-21-12-14-30(18-23(21)15-20)13-11-19-6-9-24(10-7-19)29-27(31)26-16-22-3-1-2-4-25(22)32-26/h1-5,8,15-16,19,24H,6-7,9-14,18H2,(H,29,31). The Labute approximate surface area is 189 Å². The van der Waals surface area contributed by atoms with Gasteiger partial charge in [-0.15, -0.1) is 0 Å². The summed E-state index contributed by atoms with van der Waals surface area (Å²) in [6.07, 6.45) is 6.66. The monoisotopic (exact) mass is 427 g/mol. The molecule has 2 aromatic carbocycles. The summed E-state index contributed by atoms with van der Waals surface area (Å²) in [7, 11) is 0. The van der Waals surface area contributed by atoms with Crippen molar-refractivity contribution < 1.29 is 9.21 Å². The molecule has 5 nitrogen and oxygen atoms in total. The van der Waals surface area contributed by atoms with Gasteiger partial charge in [0.15, 0.2) is 5.76 Å². The smallest absolute Gasteiger partial charge is 0.287 e. The predicted molar refractivity (Wildman–Crippen MR) is 124 cm³/mol. The third-order valence-corrected chi connectivity index (χ3v) is 7.11. The number of carbonyl (C=O) groups is 1. The van der Waals surface area contributed by atoms with Crippen LogP contribution in [0.5, 0.6) is 0 Å². The normalized spacial score (nSPS) is 21.1. The predicted octanol–water partition coefficient (Wildman–Crippen LogP) is 5.04. The van der Waals surface area contributed by atoms with E-state index in [1.54, 1.807) is 0 Å². The fourth-order valence-corrected chi connectivity index (χ4v) is 5.19. The van der Waals surface area contributed by atoms with Gasteiger partial charge in [-0.1, -0.05) is 24.3 Å². The Morgan fingerprint density at radius 2 is 1.94 bits per heavy atom. The van der Waals surface area contributed by atoms with E-state index in [1.165, 1.54) is 17.5 Å². The molecule has 164 valence electrons. The molecule has 1 N–H and O–H groups in total. The first-order valence-electron chi connectivity index (χ1n) is 11.7. The Kier molecular flexibility index (Phi) is 5.96. The number of hydrogen-bond acceptors (Lipinski definition) is 4. The highest BCUT2D eigenvalue weighted by molar-refractivity contribution is 5.96. The minimum absolute atomic E-state index is 0.103. The van der Waals surface area contributed by atoms with E-state index in [4.69, 9.17) is 9.68 Å². The summed E-state index contributed by atoms with van der Waals surface area (Å²) in [5, 5.41) is 13.3. The number of carbonyl (C=O) groups excluding carboxylic acids is 1. The number of furan rings is 1. The molecule has 1 aliphatic heterocycles. The van der Waals surface area contributed by atoms with E-state index >= 15 is 0 Å². The highest BCUT2D eigenvalue weighted by Gasteiger charge is 2.25. The summed E-state index contributed by atoms with van der Waals surface area (Å²) in [4.78, 5) is 15.1. The average molecular weight is 428 g/mol. The molecule has 1 amide bonds. The van der Waals surface area contributed by atoms with Crippen molar-refractivity contribution in [2.75, 3.05) is 13.1 Å². The van der Waals surface area contributed by atoms with Crippen LogP contribution >= 0.6 is 0 Å². The first kappa shape index (κ1) is 20.8. The zero-order chi connectivity index (χ0) is 21.9. The molecular formula is C27H29N3O2. The molecule has 1 aliphatic carbocycles. The Balaban J connectivity index is 1.08. The first-order valence-corrected chi connectivity index (χ1v) is 11.7. The first-order chi connectivity index (χ1) is 15.7. The Hall–Kier alpha value is -3.10. The molecule has 0 unspecified atom stereocenters. The number of nitrogens with one attached hydrogen (secondary N) is 1. The summed E-state index contributed by atoms with van der Waals surface area (Å²) in [6, 6.07) is 18.1. The van der Waals surface area contributed by atoms with Gasteiger partial charge >= 0.3 is 0 Å². The molecule has 2 aliphatic rings. The van der Waals surface area contributed by atoms with E-state index < -0.39 is 0 Å². The number of amides is 1. The van der Waals surface area contributed by atoms with Crippen molar-refractivity contribution in [1.29, 1.82) is 5.26 Å². The molecule has 2 heterocycles. The SMILES string of the molecule is N#Cc1ccc2c(c1)CN(CCC1CCC(NC(=O)c3cc4ccccc4o3)CC1)CC2. The zero-order valence-corrected chi connectivity index (χ0v) is 18.3.